The molecule has 124 valence electrons. The lowest BCUT2D eigenvalue weighted by Gasteiger charge is -2.35. The smallest absolute Gasteiger partial charge is 0.107 e. The lowest BCUT2D eigenvalue weighted by atomic mass is 10.00. The number of hydrogen-bond donors (Lipinski definition) is 0. The number of rotatable bonds is 7. The fourth-order valence-corrected chi connectivity index (χ4v) is 4.01. The second-order valence-electron chi connectivity index (χ2n) is 6.51. The van der Waals surface area contributed by atoms with E-state index in [1.54, 1.807) is 11.3 Å². The summed E-state index contributed by atoms with van der Waals surface area (Å²) in [6.07, 6.45) is 7.69. The summed E-state index contributed by atoms with van der Waals surface area (Å²) in [7, 11) is 0. The van der Waals surface area contributed by atoms with Gasteiger partial charge in [-0.2, -0.15) is 5.10 Å². The predicted molar refractivity (Wildman–Crippen MR) is 90.4 cm³/mol. The zero-order chi connectivity index (χ0) is 15.6. The summed E-state index contributed by atoms with van der Waals surface area (Å²) in [5.74, 6) is 0.807. The number of nitrogens with zero attached hydrogens (tertiary/aromatic N) is 4. The van der Waals surface area contributed by atoms with Gasteiger partial charge in [-0.25, -0.2) is 4.98 Å². The van der Waals surface area contributed by atoms with Crippen LogP contribution in [0.3, 0.4) is 0 Å². The van der Waals surface area contributed by atoms with Crippen LogP contribution in [0.5, 0.6) is 0 Å². The number of hydrogen-bond acceptors (Lipinski definition) is 5. The van der Waals surface area contributed by atoms with Gasteiger partial charge in [0.15, 0.2) is 0 Å². The highest BCUT2D eigenvalue weighted by Gasteiger charge is 2.32. The third-order valence-corrected chi connectivity index (χ3v) is 5.60. The van der Waals surface area contributed by atoms with Gasteiger partial charge in [0.2, 0.25) is 0 Å². The SMILES string of the molecule is CCn1ncc2c1[C@@H](COCC1CC1)N(Cc1nccs1)CC2. The second kappa shape index (κ2) is 6.71. The Morgan fingerprint density at radius 2 is 2.26 bits per heavy atom. The van der Waals surface area contributed by atoms with Gasteiger partial charge in [-0.3, -0.25) is 9.58 Å². The molecule has 1 aliphatic heterocycles. The molecule has 3 heterocycles. The molecule has 2 aromatic heterocycles. The van der Waals surface area contributed by atoms with Crippen molar-refractivity contribution >= 4 is 11.3 Å². The van der Waals surface area contributed by atoms with Crippen molar-refractivity contribution in [2.24, 2.45) is 5.92 Å². The monoisotopic (exact) mass is 332 g/mol. The van der Waals surface area contributed by atoms with Crippen LogP contribution >= 0.6 is 11.3 Å². The molecule has 2 aromatic rings. The van der Waals surface area contributed by atoms with Gasteiger partial charge < -0.3 is 4.74 Å². The van der Waals surface area contributed by atoms with Gasteiger partial charge >= 0.3 is 0 Å². The molecule has 2 aliphatic rings. The Balaban J connectivity index is 1.54. The molecule has 0 amide bonds. The Kier molecular flexibility index (Phi) is 4.46. The Morgan fingerprint density at radius 1 is 1.35 bits per heavy atom. The van der Waals surface area contributed by atoms with E-state index in [9.17, 15) is 0 Å². The highest BCUT2D eigenvalue weighted by molar-refractivity contribution is 7.09. The normalized spacial score (nSPS) is 21.5. The van der Waals surface area contributed by atoms with E-state index in [1.165, 1.54) is 29.1 Å². The van der Waals surface area contributed by atoms with Gasteiger partial charge in [-0.05, 0) is 37.7 Å². The first-order chi connectivity index (χ1) is 11.3. The van der Waals surface area contributed by atoms with Gasteiger partial charge in [-0.1, -0.05) is 0 Å². The minimum atomic E-state index is 0.295. The third kappa shape index (κ3) is 3.34. The Labute approximate surface area is 141 Å². The molecule has 0 N–H and O–H groups in total. The molecule has 5 nitrogen and oxygen atoms in total. The van der Waals surface area contributed by atoms with Crippen molar-refractivity contribution < 1.29 is 4.74 Å². The van der Waals surface area contributed by atoms with E-state index in [2.05, 4.69) is 32.0 Å². The number of fused-ring (bicyclic) bond motifs is 1. The van der Waals surface area contributed by atoms with Crippen LogP contribution < -0.4 is 0 Å². The first kappa shape index (κ1) is 15.3. The zero-order valence-electron chi connectivity index (χ0n) is 13.6. The van der Waals surface area contributed by atoms with Gasteiger partial charge in [0.1, 0.15) is 5.01 Å². The summed E-state index contributed by atoms with van der Waals surface area (Å²) in [5.41, 5.74) is 2.74. The third-order valence-electron chi connectivity index (χ3n) is 4.83. The van der Waals surface area contributed by atoms with Gasteiger partial charge in [0.05, 0.1) is 31.1 Å². The molecular formula is C17H24N4OS. The van der Waals surface area contributed by atoms with E-state index >= 15 is 0 Å². The molecular weight excluding hydrogens is 308 g/mol. The molecule has 1 fully saturated rings. The van der Waals surface area contributed by atoms with E-state index in [0.29, 0.717) is 6.04 Å². The number of aryl methyl sites for hydroxylation is 1. The number of aromatic nitrogens is 3. The molecule has 4 rings (SSSR count). The standard InChI is InChI=1S/C17H24N4OS/c1-2-21-17-14(9-19-21)5-7-20(10-16-18-6-8-23-16)15(17)12-22-11-13-3-4-13/h6,8-9,13,15H,2-5,7,10-12H2,1H3/t15-/m1/s1. The average molecular weight is 332 g/mol. The van der Waals surface area contributed by atoms with E-state index in [1.807, 2.05) is 12.4 Å². The maximum atomic E-state index is 6.07. The summed E-state index contributed by atoms with van der Waals surface area (Å²) >= 11 is 1.73. The summed E-state index contributed by atoms with van der Waals surface area (Å²) < 4.78 is 8.22. The zero-order valence-corrected chi connectivity index (χ0v) is 14.5. The number of ether oxygens (including phenoxy) is 1. The quantitative estimate of drug-likeness (QED) is 0.782. The fraction of sp³-hybridized carbons (Fsp3) is 0.647. The van der Waals surface area contributed by atoms with E-state index < -0.39 is 0 Å². The highest BCUT2D eigenvalue weighted by Crippen LogP contribution is 2.33. The predicted octanol–water partition coefficient (Wildman–Crippen LogP) is 2.89. The molecule has 0 saturated heterocycles. The highest BCUT2D eigenvalue weighted by atomic mass is 32.1. The average Bonchev–Trinajstić information content (AvgIpc) is 3.08. The molecule has 0 radical (unpaired) electrons. The lowest BCUT2D eigenvalue weighted by molar-refractivity contribution is 0.0409. The van der Waals surface area contributed by atoms with Crippen LogP contribution in [0.1, 0.15) is 42.1 Å². The van der Waals surface area contributed by atoms with E-state index in [4.69, 9.17) is 4.74 Å². The van der Waals surface area contributed by atoms with Gasteiger partial charge in [-0.15, -0.1) is 11.3 Å². The number of thiazole rings is 1. The van der Waals surface area contributed by atoms with Crippen molar-refractivity contribution in [1.29, 1.82) is 0 Å². The van der Waals surface area contributed by atoms with Crippen LogP contribution in [-0.4, -0.2) is 39.4 Å². The molecule has 1 atom stereocenters. The van der Waals surface area contributed by atoms with Crippen molar-refractivity contribution in [1.82, 2.24) is 19.7 Å². The first-order valence-corrected chi connectivity index (χ1v) is 9.48. The largest absolute Gasteiger partial charge is 0.379 e. The van der Waals surface area contributed by atoms with Crippen molar-refractivity contribution in [2.45, 2.75) is 45.3 Å². The van der Waals surface area contributed by atoms with E-state index in [-0.39, 0.29) is 0 Å². The Hall–Kier alpha value is -1.24. The van der Waals surface area contributed by atoms with Gasteiger partial charge in [0.25, 0.3) is 0 Å². The van der Waals surface area contributed by atoms with Crippen molar-refractivity contribution in [3.63, 3.8) is 0 Å². The molecule has 6 heteroatoms. The summed E-state index contributed by atoms with van der Waals surface area (Å²) in [6.45, 7) is 6.72. The Bertz CT molecular complexity index is 622. The van der Waals surface area contributed by atoms with Crippen LogP contribution in [0, 0.1) is 5.92 Å². The van der Waals surface area contributed by atoms with Crippen LogP contribution in [0.2, 0.25) is 0 Å². The second-order valence-corrected chi connectivity index (χ2v) is 7.49. The molecule has 0 unspecified atom stereocenters. The lowest BCUT2D eigenvalue weighted by Crippen LogP contribution is -2.38. The molecule has 0 spiro atoms. The summed E-state index contributed by atoms with van der Waals surface area (Å²) in [5, 5.41) is 7.81. The van der Waals surface area contributed by atoms with E-state index in [0.717, 1.165) is 45.2 Å². The molecule has 1 saturated carbocycles. The van der Waals surface area contributed by atoms with Crippen LogP contribution in [-0.2, 0) is 24.2 Å². The minimum absolute atomic E-state index is 0.295. The molecule has 0 bridgehead atoms. The van der Waals surface area contributed by atoms with Crippen LogP contribution in [0.25, 0.3) is 0 Å². The van der Waals surface area contributed by atoms with Crippen LogP contribution in [0.4, 0.5) is 0 Å². The van der Waals surface area contributed by atoms with Crippen molar-refractivity contribution in [3.05, 3.63) is 34.0 Å². The fourth-order valence-electron chi connectivity index (χ4n) is 3.37. The minimum Gasteiger partial charge on any atom is -0.379 e. The maximum Gasteiger partial charge on any atom is 0.107 e. The van der Waals surface area contributed by atoms with Crippen molar-refractivity contribution in [2.75, 3.05) is 19.8 Å². The summed E-state index contributed by atoms with van der Waals surface area (Å²) in [6, 6.07) is 0.295. The Morgan fingerprint density at radius 3 is 3.00 bits per heavy atom. The molecule has 0 aromatic carbocycles. The first-order valence-electron chi connectivity index (χ1n) is 8.60. The molecule has 23 heavy (non-hydrogen) atoms. The summed E-state index contributed by atoms with van der Waals surface area (Å²) in [4.78, 5) is 6.98. The maximum absolute atomic E-state index is 6.07. The van der Waals surface area contributed by atoms with Gasteiger partial charge in [0, 0.05) is 31.3 Å². The van der Waals surface area contributed by atoms with Crippen LogP contribution in [0.15, 0.2) is 17.8 Å². The topological polar surface area (TPSA) is 43.2 Å². The molecule has 1 aliphatic carbocycles. The van der Waals surface area contributed by atoms with Crippen molar-refractivity contribution in [3.8, 4) is 0 Å².